The van der Waals surface area contributed by atoms with E-state index in [1.807, 2.05) is 0 Å². The molecule has 0 heterocycles. The summed E-state index contributed by atoms with van der Waals surface area (Å²) in [6.45, 7) is 5.85. The van der Waals surface area contributed by atoms with Crippen LogP contribution in [0.5, 0.6) is 0 Å². The number of benzene rings is 1. The summed E-state index contributed by atoms with van der Waals surface area (Å²) >= 11 is 5.98. The van der Waals surface area contributed by atoms with E-state index in [0.29, 0.717) is 23.0 Å². The van der Waals surface area contributed by atoms with Gasteiger partial charge in [-0.3, -0.25) is 0 Å². The Morgan fingerprint density at radius 1 is 1.33 bits per heavy atom. The first-order valence-corrected chi connectivity index (χ1v) is 7.20. The number of nitrogens with one attached hydrogen (secondary N) is 1. The van der Waals surface area contributed by atoms with Crippen LogP contribution in [0.3, 0.4) is 0 Å². The molecule has 1 N–H and O–H groups in total. The highest BCUT2D eigenvalue weighted by molar-refractivity contribution is 6.31. The summed E-state index contributed by atoms with van der Waals surface area (Å²) in [6, 6.07) is 4.82. The van der Waals surface area contributed by atoms with Gasteiger partial charge in [-0.25, -0.2) is 4.39 Å². The maximum Gasteiger partial charge on any atom is 0.129 e. The number of hydrogen-bond donors (Lipinski definition) is 1. The first-order valence-electron chi connectivity index (χ1n) is 6.82. The quantitative estimate of drug-likeness (QED) is 0.717. The largest absolute Gasteiger partial charge is 0.312 e. The Labute approximate surface area is 115 Å². The van der Waals surface area contributed by atoms with Crippen LogP contribution in [0.4, 0.5) is 4.39 Å². The van der Waals surface area contributed by atoms with Gasteiger partial charge >= 0.3 is 0 Å². The fourth-order valence-electron chi connectivity index (χ4n) is 2.05. The third-order valence-electron chi connectivity index (χ3n) is 3.34. The van der Waals surface area contributed by atoms with Crippen LogP contribution in [0.2, 0.25) is 5.02 Å². The zero-order valence-corrected chi connectivity index (χ0v) is 12.1. The highest BCUT2D eigenvalue weighted by atomic mass is 35.5. The molecule has 1 nitrogen and oxygen atoms in total. The summed E-state index contributed by atoms with van der Waals surface area (Å²) in [5.74, 6) is 0.451. The van der Waals surface area contributed by atoms with Gasteiger partial charge in [-0.1, -0.05) is 50.8 Å². The van der Waals surface area contributed by atoms with Crippen LogP contribution >= 0.6 is 11.6 Å². The molecule has 3 heteroatoms. The van der Waals surface area contributed by atoms with Crippen molar-refractivity contribution in [2.75, 3.05) is 6.54 Å². The van der Waals surface area contributed by atoms with Crippen molar-refractivity contribution >= 4 is 11.6 Å². The minimum Gasteiger partial charge on any atom is -0.312 e. The van der Waals surface area contributed by atoms with E-state index in [4.69, 9.17) is 11.6 Å². The van der Waals surface area contributed by atoms with E-state index in [9.17, 15) is 4.39 Å². The summed E-state index contributed by atoms with van der Waals surface area (Å²) in [4.78, 5) is 0. The fourth-order valence-corrected chi connectivity index (χ4v) is 2.28. The van der Waals surface area contributed by atoms with Crippen molar-refractivity contribution in [1.29, 1.82) is 0 Å². The number of hydrogen-bond acceptors (Lipinski definition) is 1. The molecule has 0 aliphatic rings. The molecule has 0 saturated carbocycles. The van der Waals surface area contributed by atoms with Crippen LogP contribution in [-0.2, 0) is 6.54 Å². The maximum atomic E-state index is 13.5. The van der Waals surface area contributed by atoms with Gasteiger partial charge in [0, 0.05) is 17.1 Å². The molecule has 102 valence electrons. The molecule has 1 unspecified atom stereocenters. The van der Waals surface area contributed by atoms with Crippen LogP contribution in [0.1, 0.15) is 45.1 Å². The molecule has 18 heavy (non-hydrogen) atoms. The molecule has 1 atom stereocenters. The van der Waals surface area contributed by atoms with Crippen molar-refractivity contribution in [2.45, 2.75) is 46.1 Å². The standard InChI is InChI=1S/C15H23ClFN/c1-3-5-7-12(4-2)10-18-11-13-14(16)8-6-9-15(13)17/h6,8-9,12,18H,3-5,7,10-11H2,1-2H3. The Balaban J connectivity index is 2.40. The first kappa shape index (κ1) is 15.5. The van der Waals surface area contributed by atoms with Crippen LogP contribution < -0.4 is 5.32 Å². The average molecular weight is 272 g/mol. The molecule has 1 aromatic rings. The lowest BCUT2D eigenvalue weighted by atomic mass is 9.99. The molecule has 0 spiro atoms. The van der Waals surface area contributed by atoms with Crippen molar-refractivity contribution in [3.63, 3.8) is 0 Å². The van der Waals surface area contributed by atoms with Gasteiger partial charge in [0.1, 0.15) is 5.82 Å². The van der Waals surface area contributed by atoms with Crippen molar-refractivity contribution < 1.29 is 4.39 Å². The summed E-state index contributed by atoms with van der Waals surface area (Å²) < 4.78 is 13.5. The van der Waals surface area contributed by atoms with Gasteiger partial charge < -0.3 is 5.32 Å². The molecule has 0 aliphatic heterocycles. The van der Waals surface area contributed by atoms with Gasteiger partial charge in [0.05, 0.1) is 0 Å². The van der Waals surface area contributed by atoms with Gasteiger partial charge in [0.25, 0.3) is 0 Å². The lowest BCUT2D eigenvalue weighted by Crippen LogP contribution is -2.22. The second kappa shape index (κ2) is 8.49. The summed E-state index contributed by atoms with van der Waals surface area (Å²) in [6.07, 6.45) is 4.90. The van der Waals surface area contributed by atoms with E-state index in [1.54, 1.807) is 12.1 Å². The fraction of sp³-hybridized carbons (Fsp3) is 0.600. The Morgan fingerprint density at radius 2 is 2.11 bits per heavy atom. The van der Waals surface area contributed by atoms with E-state index >= 15 is 0 Å². The van der Waals surface area contributed by atoms with Crippen molar-refractivity contribution in [3.8, 4) is 0 Å². The van der Waals surface area contributed by atoms with Crippen LogP contribution in [0.15, 0.2) is 18.2 Å². The van der Waals surface area contributed by atoms with Gasteiger partial charge in [-0.15, -0.1) is 0 Å². The zero-order chi connectivity index (χ0) is 13.4. The third kappa shape index (κ3) is 4.95. The molecule has 1 aromatic carbocycles. The Kier molecular flexibility index (Phi) is 7.29. The Hall–Kier alpha value is -0.600. The van der Waals surface area contributed by atoms with Crippen molar-refractivity contribution in [3.05, 3.63) is 34.6 Å². The average Bonchev–Trinajstić information content (AvgIpc) is 2.36. The molecule has 0 bridgehead atoms. The molecule has 0 aliphatic carbocycles. The van der Waals surface area contributed by atoms with E-state index in [0.717, 1.165) is 13.0 Å². The first-order chi connectivity index (χ1) is 8.69. The Bertz CT molecular complexity index is 334. The SMILES string of the molecule is CCCCC(CC)CNCc1c(F)cccc1Cl. The second-order valence-electron chi connectivity index (χ2n) is 4.75. The van der Waals surface area contributed by atoms with E-state index in [-0.39, 0.29) is 5.82 Å². The lowest BCUT2D eigenvalue weighted by Gasteiger charge is -2.15. The Morgan fingerprint density at radius 3 is 2.72 bits per heavy atom. The number of unbranched alkanes of at least 4 members (excludes halogenated alkanes) is 1. The summed E-state index contributed by atoms with van der Waals surface area (Å²) in [5.41, 5.74) is 0.574. The molecular weight excluding hydrogens is 249 g/mol. The highest BCUT2D eigenvalue weighted by Crippen LogP contribution is 2.19. The molecule has 0 aromatic heterocycles. The third-order valence-corrected chi connectivity index (χ3v) is 3.69. The molecule has 0 amide bonds. The minimum atomic E-state index is -0.225. The van der Waals surface area contributed by atoms with Crippen LogP contribution in [-0.4, -0.2) is 6.54 Å². The van der Waals surface area contributed by atoms with Gasteiger partial charge in [-0.05, 0) is 31.0 Å². The van der Waals surface area contributed by atoms with E-state index in [1.165, 1.54) is 25.3 Å². The van der Waals surface area contributed by atoms with Gasteiger partial charge in [0.15, 0.2) is 0 Å². The second-order valence-corrected chi connectivity index (χ2v) is 5.15. The van der Waals surface area contributed by atoms with E-state index in [2.05, 4.69) is 19.2 Å². The molecule has 0 radical (unpaired) electrons. The monoisotopic (exact) mass is 271 g/mol. The summed E-state index contributed by atoms with van der Waals surface area (Å²) in [5, 5.41) is 3.82. The van der Waals surface area contributed by atoms with E-state index < -0.39 is 0 Å². The predicted octanol–water partition coefficient (Wildman–Crippen LogP) is 4.79. The summed E-state index contributed by atoms with van der Waals surface area (Å²) in [7, 11) is 0. The molecule has 1 rings (SSSR count). The number of rotatable bonds is 8. The predicted molar refractivity (Wildman–Crippen MR) is 76.4 cm³/mol. The smallest absolute Gasteiger partial charge is 0.129 e. The minimum absolute atomic E-state index is 0.225. The topological polar surface area (TPSA) is 12.0 Å². The van der Waals surface area contributed by atoms with Gasteiger partial charge in [-0.2, -0.15) is 0 Å². The molecular formula is C15H23ClFN. The van der Waals surface area contributed by atoms with Crippen LogP contribution in [0, 0.1) is 11.7 Å². The molecule has 0 fully saturated rings. The number of halogens is 2. The van der Waals surface area contributed by atoms with Crippen LogP contribution in [0.25, 0.3) is 0 Å². The zero-order valence-electron chi connectivity index (χ0n) is 11.3. The van der Waals surface area contributed by atoms with Crippen molar-refractivity contribution in [1.82, 2.24) is 5.32 Å². The normalized spacial score (nSPS) is 12.7. The lowest BCUT2D eigenvalue weighted by molar-refractivity contribution is 0.417. The highest BCUT2D eigenvalue weighted by Gasteiger charge is 2.08. The maximum absolute atomic E-state index is 13.5. The molecule has 0 saturated heterocycles. The van der Waals surface area contributed by atoms with Gasteiger partial charge in [0.2, 0.25) is 0 Å². The van der Waals surface area contributed by atoms with Crippen molar-refractivity contribution in [2.24, 2.45) is 5.92 Å².